The van der Waals surface area contributed by atoms with E-state index in [4.69, 9.17) is 21.8 Å². The molecule has 0 heterocycles. The van der Waals surface area contributed by atoms with Gasteiger partial charge in [-0.15, -0.1) is 0 Å². The van der Waals surface area contributed by atoms with Crippen LogP contribution < -0.4 is 4.72 Å². The zero-order valence-electron chi connectivity index (χ0n) is 11.4. The molecule has 1 aromatic carbocycles. The Morgan fingerprint density at radius 1 is 1.43 bits per heavy atom. The van der Waals surface area contributed by atoms with Gasteiger partial charge in [0, 0.05) is 17.2 Å². The summed E-state index contributed by atoms with van der Waals surface area (Å²) in [5.41, 5.74) is -1.87. The van der Waals surface area contributed by atoms with Crippen LogP contribution in [-0.4, -0.2) is 36.7 Å². The fraction of sp³-hybridized carbons (Fsp3) is 0.417. The summed E-state index contributed by atoms with van der Waals surface area (Å²) in [5, 5.41) is 17.5. The van der Waals surface area contributed by atoms with E-state index in [9.17, 15) is 17.6 Å². The van der Waals surface area contributed by atoms with Crippen LogP contribution in [0.4, 0.5) is 4.39 Å². The van der Waals surface area contributed by atoms with Gasteiger partial charge in [-0.2, -0.15) is 0 Å². The molecule has 0 unspecified atom stereocenters. The summed E-state index contributed by atoms with van der Waals surface area (Å²) in [5.74, 6) is -3.01. The Hall–Kier alpha value is -1.22. The number of sulfonamides is 1. The second kappa shape index (κ2) is 6.27. The lowest BCUT2D eigenvalue weighted by Gasteiger charge is -2.25. The Kier molecular flexibility index (Phi) is 5.32. The smallest absolute Gasteiger partial charge is 0.338 e. The Morgan fingerprint density at radius 2 is 2.00 bits per heavy atom. The van der Waals surface area contributed by atoms with Crippen molar-refractivity contribution in [2.45, 2.75) is 30.7 Å². The minimum Gasteiger partial charge on any atom is -0.478 e. The molecule has 0 saturated heterocycles. The van der Waals surface area contributed by atoms with Crippen LogP contribution in [0.15, 0.2) is 17.0 Å². The van der Waals surface area contributed by atoms with Crippen molar-refractivity contribution in [1.82, 2.24) is 4.72 Å². The predicted octanol–water partition coefficient (Wildman–Crippen LogP) is 1.62. The molecule has 9 heteroatoms. The summed E-state index contributed by atoms with van der Waals surface area (Å²) < 4.78 is 40.6. The number of halogens is 2. The van der Waals surface area contributed by atoms with E-state index in [1.807, 2.05) is 0 Å². The van der Waals surface area contributed by atoms with Crippen molar-refractivity contribution in [2.24, 2.45) is 0 Å². The number of hydrogen-bond acceptors (Lipinski definition) is 4. The largest absolute Gasteiger partial charge is 0.478 e. The van der Waals surface area contributed by atoms with Gasteiger partial charge in [0.05, 0.1) is 5.56 Å². The van der Waals surface area contributed by atoms with E-state index in [-0.39, 0.29) is 18.1 Å². The van der Waals surface area contributed by atoms with Crippen LogP contribution in [0.5, 0.6) is 0 Å². The lowest BCUT2D eigenvalue weighted by Crippen LogP contribution is -2.44. The van der Waals surface area contributed by atoms with Crippen molar-refractivity contribution in [3.8, 4) is 0 Å². The fourth-order valence-electron chi connectivity index (χ4n) is 1.66. The first-order valence-electron chi connectivity index (χ1n) is 5.87. The number of carboxylic acid groups (broad SMARTS) is 1. The van der Waals surface area contributed by atoms with Gasteiger partial charge in [-0.05, 0) is 32.4 Å². The molecule has 0 aliphatic heterocycles. The lowest BCUT2D eigenvalue weighted by atomic mass is 10.0. The summed E-state index contributed by atoms with van der Waals surface area (Å²) in [7, 11) is -4.33. The average molecular weight is 340 g/mol. The number of aliphatic hydroxyl groups excluding tert-OH is 1. The highest BCUT2D eigenvalue weighted by molar-refractivity contribution is 7.89. The molecule has 0 aromatic heterocycles. The summed E-state index contributed by atoms with van der Waals surface area (Å²) in [6, 6.07) is 1.66. The van der Waals surface area contributed by atoms with Crippen LogP contribution in [0.1, 0.15) is 30.6 Å². The van der Waals surface area contributed by atoms with E-state index in [1.54, 1.807) is 0 Å². The minimum absolute atomic E-state index is 0.0974. The third-order valence-electron chi connectivity index (χ3n) is 2.67. The van der Waals surface area contributed by atoms with E-state index in [2.05, 4.69) is 4.72 Å². The summed E-state index contributed by atoms with van der Waals surface area (Å²) in [6.45, 7) is 2.73. The molecule has 3 N–H and O–H groups in total. The SMILES string of the molecule is CC(C)(CCO)NS(=O)(=O)c1cc(Cl)cc(C(=O)O)c1F. The van der Waals surface area contributed by atoms with Crippen molar-refractivity contribution in [1.29, 1.82) is 0 Å². The first-order valence-corrected chi connectivity index (χ1v) is 7.73. The topological polar surface area (TPSA) is 104 Å². The summed E-state index contributed by atoms with van der Waals surface area (Å²) in [6.07, 6.45) is 0.0974. The van der Waals surface area contributed by atoms with Gasteiger partial charge in [-0.1, -0.05) is 11.6 Å². The molecule has 0 radical (unpaired) electrons. The third-order valence-corrected chi connectivity index (χ3v) is 4.59. The first kappa shape index (κ1) is 17.8. The van der Waals surface area contributed by atoms with Gasteiger partial charge in [0.15, 0.2) is 5.82 Å². The molecule has 1 aromatic rings. The first-order chi connectivity index (χ1) is 9.50. The van der Waals surface area contributed by atoms with Gasteiger partial charge < -0.3 is 10.2 Å². The summed E-state index contributed by atoms with van der Waals surface area (Å²) >= 11 is 5.64. The number of nitrogens with one attached hydrogen (secondary N) is 1. The van der Waals surface area contributed by atoms with Gasteiger partial charge in [-0.25, -0.2) is 22.3 Å². The normalized spacial score (nSPS) is 12.4. The average Bonchev–Trinajstić information content (AvgIpc) is 2.29. The number of benzene rings is 1. The Bertz CT molecular complexity index is 660. The van der Waals surface area contributed by atoms with Crippen molar-refractivity contribution >= 4 is 27.6 Å². The van der Waals surface area contributed by atoms with Crippen molar-refractivity contribution in [3.63, 3.8) is 0 Å². The van der Waals surface area contributed by atoms with Gasteiger partial charge in [-0.3, -0.25) is 0 Å². The Balaban J connectivity index is 3.36. The van der Waals surface area contributed by atoms with Crippen molar-refractivity contribution < 1.29 is 27.8 Å². The number of carbonyl (C=O) groups is 1. The van der Waals surface area contributed by atoms with Gasteiger partial charge in [0.2, 0.25) is 10.0 Å². The molecule has 0 aliphatic carbocycles. The van der Waals surface area contributed by atoms with Gasteiger partial charge in [0.25, 0.3) is 0 Å². The van der Waals surface area contributed by atoms with Gasteiger partial charge in [0.1, 0.15) is 4.90 Å². The molecule has 0 atom stereocenters. The summed E-state index contributed by atoms with van der Waals surface area (Å²) in [4.78, 5) is 10.0. The second-order valence-corrected chi connectivity index (χ2v) is 7.12. The van der Waals surface area contributed by atoms with E-state index >= 15 is 0 Å². The molecule has 1 rings (SSSR count). The molecular weight excluding hydrogens is 325 g/mol. The highest BCUT2D eigenvalue weighted by Crippen LogP contribution is 2.25. The number of aromatic carboxylic acids is 1. The van der Waals surface area contributed by atoms with Crippen LogP contribution in [0.2, 0.25) is 5.02 Å². The molecule has 118 valence electrons. The van der Waals surface area contributed by atoms with E-state index in [1.165, 1.54) is 13.8 Å². The Morgan fingerprint density at radius 3 is 2.48 bits per heavy atom. The van der Waals surface area contributed by atoms with Gasteiger partial charge >= 0.3 is 5.97 Å². The second-order valence-electron chi connectivity index (χ2n) is 5.03. The standard InChI is InChI=1S/C12H15ClFNO5S/c1-12(2,3-4-16)15-21(19,20)9-6-7(13)5-8(10(9)14)11(17)18/h5-6,15-16H,3-4H2,1-2H3,(H,17,18). The van der Waals surface area contributed by atoms with Crippen LogP contribution in [0.25, 0.3) is 0 Å². The molecular formula is C12H15ClFNO5S. The highest BCUT2D eigenvalue weighted by atomic mass is 35.5. The maximum absolute atomic E-state index is 14.1. The zero-order valence-corrected chi connectivity index (χ0v) is 12.9. The highest BCUT2D eigenvalue weighted by Gasteiger charge is 2.30. The molecule has 0 amide bonds. The number of aliphatic hydroxyl groups is 1. The molecule has 6 nitrogen and oxygen atoms in total. The zero-order chi connectivity index (χ0) is 16.4. The maximum Gasteiger partial charge on any atom is 0.338 e. The van der Waals surface area contributed by atoms with Crippen LogP contribution in [0, 0.1) is 5.82 Å². The van der Waals surface area contributed by atoms with Crippen LogP contribution >= 0.6 is 11.6 Å². The number of rotatable bonds is 6. The predicted molar refractivity (Wildman–Crippen MR) is 74.5 cm³/mol. The lowest BCUT2D eigenvalue weighted by molar-refractivity contribution is 0.0691. The molecule has 21 heavy (non-hydrogen) atoms. The van der Waals surface area contributed by atoms with Crippen molar-refractivity contribution in [3.05, 3.63) is 28.5 Å². The Labute approximate surface area is 126 Å². The van der Waals surface area contributed by atoms with E-state index in [0.717, 1.165) is 12.1 Å². The molecule has 0 bridgehead atoms. The quantitative estimate of drug-likeness (QED) is 0.730. The monoisotopic (exact) mass is 339 g/mol. The van der Waals surface area contributed by atoms with Crippen molar-refractivity contribution in [2.75, 3.05) is 6.61 Å². The number of hydrogen-bond donors (Lipinski definition) is 3. The molecule has 0 saturated carbocycles. The van der Waals surface area contributed by atoms with Crippen LogP contribution in [-0.2, 0) is 10.0 Å². The van der Waals surface area contributed by atoms with E-state index < -0.39 is 37.8 Å². The van der Waals surface area contributed by atoms with E-state index in [0.29, 0.717) is 0 Å². The maximum atomic E-state index is 14.1. The fourth-order valence-corrected chi connectivity index (χ4v) is 3.52. The minimum atomic E-state index is -4.33. The number of carboxylic acids is 1. The third kappa shape index (κ3) is 4.37. The van der Waals surface area contributed by atoms with Crippen LogP contribution in [0.3, 0.4) is 0 Å². The molecule has 0 aliphatic rings. The molecule has 0 spiro atoms. The molecule has 0 fully saturated rings.